The van der Waals surface area contributed by atoms with Crippen molar-refractivity contribution >= 4 is 0 Å². The van der Waals surface area contributed by atoms with Gasteiger partial charge in [-0.1, -0.05) is 32.6 Å². The lowest BCUT2D eigenvalue weighted by atomic mass is 9.91. The minimum absolute atomic E-state index is 0.0220. The third kappa shape index (κ3) is 5.07. The molecular formula is C24H28F2O3. The summed E-state index contributed by atoms with van der Waals surface area (Å²) in [7, 11) is 2.83. The summed E-state index contributed by atoms with van der Waals surface area (Å²) in [6.45, 7) is 7.99. The number of hydrogen-bond donors (Lipinski definition) is 0. The molecule has 0 bridgehead atoms. The van der Waals surface area contributed by atoms with Crippen LogP contribution >= 0.6 is 0 Å². The summed E-state index contributed by atoms with van der Waals surface area (Å²) in [6.07, 6.45) is 0.810. The summed E-state index contributed by atoms with van der Waals surface area (Å²) in [5.41, 5.74) is 2.65. The van der Waals surface area contributed by atoms with Gasteiger partial charge in [-0.3, -0.25) is 0 Å². The van der Waals surface area contributed by atoms with Crippen molar-refractivity contribution in [2.45, 2.75) is 52.7 Å². The van der Waals surface area contributed by atoms with Crippen molar-refractivity contribution in [2.75, 3.05) is 14.2 Å². The molecule has 0 aromatic heterocycles. The normalized spacial score (nSPS) is 15.2. The Kier molecular flexibility index (Phi) is 8.04. The van der Waals surface area contributed by atoms with Gasteiger partial charge in [0.25, 0.3) is 0 Å². The molecule has 29 heavy (non-hydrogen) atoms. The highest BCUT2D eigenvalue weighted by Gasteiger charge is 2.24. The van der Waals surface area contributed by atoms with Crippen LogP contribution in [-0.4, -0.2) is 20.3 Å². The van der Waals surface area contributed by atoms with Crippen LogP contribution in [0.5, 0.6) is 11.5 Å². The Bertz CT molecular complexity index is 913. The third-order valence-corrected chi connectivity index (χ3v) is 4.76. The Hall–Kier alpha value is -2.58. The summed E-state index contributed by atoms with van der Waals surface area (Å²) < 4.78 is 44.9. The second-order valence-electron chi connectivity index (χ2n) is 6.52. The maximum Gasteiger partial charge on any atom is 0.166 e. The van der Waals surface area contributed by atoms with E-state index in [0.717, 1.165) is 12.0 Å². The van der Waals surface area contributed by atoms with Gasteiger partial charge in [0.2, 0.25) is 0 Å². The molecule has 3 nitrogen and oxygen atoms in total. The summed E-state index contributed by atoms with van der Waals surface area (Å²) in [6, 6.07) is 5.99. The standard InChI is InChI=1S/C22H22F2O3.C2H6/c1-5-13(2)27-20-10-16-11-22(26-4)18(23)8-14(16)6-7-15-9-21(25-3)19(24)12-17(15)20;1-2/h8-9,11-13,20H,5,10H2,1-4H3;1-2H3. The van der Waals surface area contributed by atoms with Gasteiger partial charge in [0.05, 0.1) is 26.4 Å². The molecule has 0 spiro atoms. The fourth-order valence-corrected chi connectivity index (χ4v) is 3.08. The molecule has 0 amide bonds. The molecule has 2 unspecified atom stereocenters. The van der Waals surface area contributed by atoms with Crippen molar-refractivity contribution in [3.8, 4) is 23.3 Å². The maximum atomic E-state index is 14.4. The predicted molar refractivity (Wildman–Crippen MR) is 111 cm³/mol. The van der Waals surface area contributed by atoms with Gasteiger partial charge in [-0.2, -0.15) is 0 Å². The first kappa shape index (κ1) is 22.7. The fraction of sp³-hybridized carbons (Fsp3) is 0.417. The van der Waals surface area contributed by atoms with E-state index in [4.69, 9.17) is 14.2 Å². The summed E-state index contributed by atoms with van der Waals surface area (Å²) in [4.78, 5) is 0. The van der Waals surface area contributed by atoms with E-state index in [-0.39, 0.29) is 17.6 Å². The van der Waals surface area contributed by atoms with E-state index in [9.17, 15) is 8.78 Å². The SMILES string of the molecule is CC.CCC(C)OC1Cc2cc(OC)c(F)cc2C#Cc2cc(OC)c(F)cc21. The number of benzene rings is 2. The number of halogens is 2. The van der Waals surface area contributed by atoms with Gasteiger partial charge >= 0.3 is 0 Å². The quantitative estimate of drug-likeness (QED) is 0.590. The first-order valence-corrected chi connectivity index (χ1v) is 9.88. The molecule has 0 saturated carbocycles. The van der Waals surface area contributed by atoms with E-state index in [2.05, 4.69) is 11.8 Å². The van der Waals surface area contributed by atoms with Crippen molar-refractivity contribution < 1.29 is 23.0 Å². The zero-order chi connectivity index (χ0) is 21.6. The van der Waals surface area contributed by atoms with E-state index < -0.39 is 17.7 Å². The predicted octanol–water partition coefficient (Wildman–Crippen LogP) is 5.82. The van der Waals surface area contributed by atoms with Gasteiger partial charge in [0, 0.05) is 17.5 Å². The molecule has 0 heterocycles. The highest BCUT2D eigenvalue weighted by atomic mass is 19.1. The van der Waals surface area contributed by atoms with Crippen LogP contribution in [0, 0.1) is 23.5 Å². The highest BCUT2D eigenvalue weighted by molar-refractivity contribution is 5.55. The molecule has 0 saturated heterocycles. The largest absolute Gasteiger partial charge is 0.494 e. The Morgan fingerprint density at radius 3 is 2.17 bits per heavy atom. The Labute approximate surface area is 172 Å². The number of rotatable bonds is 5. The second-order valence-corrected chi connectivity index (χ2v) is 6.52. The monoisotopic (exact) mass is 402 g/mol. The van der Waals surface area contributed by atoms with Gasteiger partial charge in [-0.05, 0) is 48.7 Å². The zero-order valence-corrected chi connectivity index (χ0v) is 17.9. The molecule has 1 aliphatic carbocycles. The van der Waals surface area contributed by atoms with Crippen LogP contribution in [-0.2, 0) is 11.2 Å². The van der Waals surface area contributed by atoms with Crippen molar-refractivity contribution in [3.63, 3.8) is 0 Å². The second kappa shape index (κ2) is 10.3. The average molecular weight is 402 g/mol. The first-order valence-electron chi connectivity index (χ1n) is 9.88. The first-order chi connectivity index (χ1) is 14.0. The van der Waals surface area contributed by atoms with Gasteiger partial charge in [-0.25, -0.2) is 8.78 Å². The van der Waals surface area contributed by atoms with E-state index in [1.165, 1.54) is 26.4 Å². The van der Waals surface area contributed by atoms with E-state index in [1.54, 1.807) is 12.1 Å². The van der Waals surface area contributed by atoms with E-state index in [1.807, 2.05) is 27.7 Å². The maximum absolute atomic E-state index is 14.4. The smallest absolute Gasteiger partial charge is 0.166 e. The Balaban J connectivity index is 0.00000145. The summed E-state index contributed by atoms with van der Waals surface area (Å²) in [5.74, 6) is 5.35. The van der Waals surface area contributed by atoms with Gasteiger partial charge < -0.3 is 14.2 Å². The van der Waals surface area contributed by atoms with Gasteiger partial charge in [0.15, 0.2) is 23.1 Å². The van der Waals surface area contributed by atoms with Crippen molar-refractivity contribution in [3.05, 3.63) is 58.2 Å². The molecule has 5 heteroatoms. The zero-order valence-electron chi connectivity index (χ0n) is 17.9. The van der Waals surface area contributed by atoms with Crippen LogP contribution in [0.25, 0.3) is 0 Å². The Morgan fingerprint density at radius 2 is 1.55 bits per heavy atom. The summed E-state index contributed by atoms with van der Waals surface area (Å²) in [5, 5.41) is 0. The number of hydrogen-bond acceptors (Lipinski definition) is 3. The number of methoxy groups -OCH3 is 2. The van der Waals surface area contributed by atoms with Crippen molar-refractivity contribution in [1.29, 1.82) is 0 Å². The number of ether oxygens (including phenoxy) is 3. The van der Waals surface area contributed by atoms with Crippen LogP contribution in [0.15, 0.2) is 24.3 Å². The van der Waals surface area contributed by atoms with E-state index >= 15 is 0 Å². The molecule has 1 aliphatic rings. The molecule has 2 atom stereocenters. The minimum atomic E-state index is -0.470. The molecular weight excluding hydrogens is 374 g/mol. The number of fused-ring (bicyclic) bond motifs is 2. The average Bonchev–Trinajstić information content (AvgIpc) is 2.73. The van der Waals surface area contributed by atoms with Crippen LogP contribution in [0.1, 0.15) is 62.5 Å². The molecule has 0 fully saturated rings. The third-order valence-electron chi connectivity index (χ3n) is 4.76. The van der Waals surface area contributed by atoms with Gasteiger partial charge in [0.1, 0.15) is 0 Å². The van der Waals surface area contributed by atoms with Gasteiger partial charge in [-0.15, -0.1) is 0 Å². The van der Waals surface area contributed by atoms with Crippen molar-refractivity contribution in [2.24, 2.45) is 0 Å². The topological polar surface area (TPSA) is 27.7 Å². The molecule has 3 rings (SSSR count). The van der Waals surface area contributed by atoms with Crippen LogP contribution in [0.2, 0.25) is 0 Å². The highest BCUT2D eigenvalue weighted by Crippen LogP contribution is 2.35. The lowest BCUT2D eigenvalue weighted by molar-refractivity contribution is -0.00529. The lowest BCUT2D eigenvalue weighted by Crippen LogP contribution is -2.18. The fourth-order valence-electron chi connectivity index (χ4n) is 3.08. The molecule has 2 aromatic rings. The van der Waals surface area contributed by atoms with Crippen molar-refractivity contribution in [1.82, 2.24) is 0 Å². The molecule has 156 valence electrons. The minimum Gasteiger partial charge on any atom is -0.494 e. The summed E-state index contributed by atoms with van der Waals surface area (Å²) >= 11 is 0. The van der Waals surface area contributed by atoms with E-state index in [0.29, 0.717) is 23.1 Å². The molecule has 0 N–H and O–H groups in total. The van der Waals surface area contributed by atoms with Crippen LogP contribution in [0.3, 0.4) is 0 Å². The molecule has 2 aromatic carbocycles. The van der Waals surface area contributed by atoms with Crippen LogP contribution in [0.4, 0.5) is 8.78 Å². The lowest BCUT2D eigenvalue weighted by Gasteiger charge is -2.25. The molecule has 0 aliphatic heterocycles. The molecule has 0 radical (unpaired) electrons. The Morgan fingerprint density at radius 1 is 0.966 bits per heavy atom. The van der Waals surface area contributed by atoms with Crippen LogP contribution < -0.4 is 9.47 Å².